The number of aromatic nitrogens is 1. The highest BCUT2D eigenvalue weighted by atomic mass is 33.1. The van der Waals surface area contributed by atoms with E-state index in [1.165, 1.54) is 0 Å². The third-order valence-corrected chi connectivity index (χ3v) is 22.8. The molecule has 0 aliphatic carbocycles. The Bertz CT molecular complexity index is 4530. The number of nitrogens with one attached hydrogen (secondary N) is 15. The SMILES string of the molecule is C[C@@H](O)[C@@H]1NC(=O)[C@H](CCCCN)NC(=O)[C@H](Cc2c[nH]c3ccccc23)NC(=O)C(Cc2ccccc2)NC(=O)[C@H](Cc2ccccc2)NC(=O)C(CC(N)=O)NC(=O)[C@H](CCCCN)NC(=O)C(NC(=O)[C@@H]2CCCN2)CSSCC(C(=O)N[C@@H](CCCCN)C(=O)O)NC(=O)[C@H](CO)NC(=O)C(CO)NC(=O)[C@H](Cc2ccccc2)NC1=O.O=C(O)C(F)(F)F. The van der Waals surface area contributed by atoms with Gasteiger partial charge in [-0.1, -0.05) is 131 Å². The number of unbranched alkanes of at least 4 members (excludes halogenated alkanes) is 3. The van der Waals surface area contributed by atoms with Crippen LogP contribution in [-0.4, -0.2) is 273 Å². The Kier molecular flexibility index (Phi) is 44.6. The first kappa shape index (κ1) is 105. The van der Waals surface area contributed by atoms with Crippen LogP contribution in [-0.2, 0) is 102 Å². The molecule has 28 N–H and O–H groups in total. The highest BCUT2D eigenvalue weighted by Crippen LogP contribution is 2.25. The van der Waals surface area contributed by atoms with Crippen LogP contribution in [0.2, 0.25) is 0 Å². The van der Waals surface area contributed by atoms with Gasteiger partial charge >= 0.3 is 18.1 Å². The summed E-state index contributed by atoms with van der Waals surface area (Å²) in [7, 11) is 1.68. The summed E-state index contributed by atoms with van der Waals surface area (Å²) in [5.74, 6) is -19.9. The summed E-state index contributed by atoms with van der Waals surface area (Å²) in [4.78, 5) is 229. The normalized spacial score (nSPS) is 23.5. The number of amides is 14. The zero-order chi connectivity index (χ0) is 94.0. The molecule has 14 amide bonds. The number of nitrogens with two attached hydrogens (primary N) is 4. The van der Waals surface area contributed by atoms with Crippen molar-refractivity contribution in [3.63, 3.8) is 0 Å². The van der Waals surface area contributed by atoms with Crippen molar-refractivity contribution in [1.82, 2.24) is 79.4 Å². The number of aromatic amines is 1. The van der Waals surface area contributed by atoms with Crippen molar-refractivity contribution >= 4 is 127 Å². The van der Waals surface area contributed by atoms with Crippen LogP contribution >= 0.6 is 21.6 Å². The van der Waals surface area contributed by atoms with Gasteiger partial charge in [0.05, 0.1) is 31.8 Å². The van der Waals surface area contributed by atoms with Crippen LogP contribution in [0, 0.1) is 0 Å². The Morgan fingerprint density at radius 2 is 0.875 bits per heavy atom. The van der Waals surface area contributed by atoms with Gasteiger partial charge in [-0.25, -0.2) is 9.59 Å². The first-order chi connectivity index (χ1) is 61.1. The molecule has 700 valence electrons. The molecular formula is C83H114F3N19O21S2. The molecule has 0 bridgehead atoms. The topological polar surface area (TPSA) is 663 Å². The highest BCUT2D eigenvalue weighted by Gasteiger charge is 2.41. The Morgan fingerprint density at radius 1 is 0.477 bits per heavy atom. The molecule has 128 heavy (non-hydrogen) atoms. The Morgan fingerprint density at radius 3 is 1.33 bits per heavy atom. The maximum atomic E-state index is 15.4. The molecular weight excluding hydrogens is 1720 g/mol. The van der Waals surface area contributed by atoms with E-state index >= 15 is 14.4 Å². The molecule has 2 aliphatic heterocycles. The summed E-state index contributed by atoms with van der Waals surface area (Å²) in [6.07, 6.45) is -5.16. The number of carbonyl (C=O) groups excluding carboxylic acids is 14. The molecule has 5 unspecified atom stereocenters. The second kappa shape index (κ2) is 54.4. The fourth-order valence-corrected chi connectivity index (χ4v) is 15.7. The fourth-order valence-electron chi connectivity index (χ4n) is 13.4. The molecule has 0 saturated carbocycles. The maximum absolute atomic E-state index is 15.4. The number of primary amides is 1. The zero-order valence-electron chi connectivity index (χ0n) is 70.2. The molecule has 5 aromatic rings. The molecule has 1 aromatic heterocycles. The third kappa shape index (κ3) is 35.4. The number of para-hydroxylation sites is 1. The summed E-state index contributed by atoms with van der Waals surface area (Å²) in [5, 5.41) is 87.0. The molecule has 7 rings (SSSR count). The number of alkyl halides is 3. The van der Waals surface area contributed by atoms with E-state index in [0.717, 1.165) is 28.5 Å². The molecule has 45 heteroatoms. The highest BCUT2D eigenvalue weighted by molar-refractivity contribution is 8.76. The Labute approximate surface area is 742 Å². The number of H-pyrrole nitrogens is 1. The van der Waals surface area contributed by atoms with Gasteiger partial charge < -0.3 is 128 Å². The molecule has 0 spiro atoms. The molecule has 3 heterocycles. The monoisotopic (exact) mass is 1830 g/mol. The lowest BCUT2D eigenvalue weighted by molar-refractivity contribution is -0.192. The van der Waals surface area contributed by atoms with Crippen molar-refractivity contribution in [2.75, 3.05) is 50.9 Å². The second-order valence-corrected chi connectivity index (χ2v) is 32.9. The van der Waals surface area contributed by atoms with E-state index < -0.39 is 217 Å². The number of carbonyl (C=O) groups is 16. The average molecular weight is 1840 g/mol. The van der Waals surface area contributed by atoms with Gasteiger partial charge in [0, 0.05) is 54.3 Å². The predicted octanol–water partition coefficient (Wildman–Crippen LogP) is -3.77. The van der Waals surface area contributed by atoms with Crippen LogP contribution in [0.3, 0.4) is 0 Å². The number of halogens is 3. The zero-order valence-corrected chi connectivity index (χ0v) is 71.8. The number of hydrogen-bond donors (Lipinski definition) is 24. The van der Waals surface area contributed by atoms with Gasteiger partial charge in [0.1, 0.15) is 78.5 Å². The van der Waals surface area contributed by atoms with E-state index in [1.807, 2.05) is 0 Å². The van der Waals surface area contributed by atoms with E-state index in [9.17, 15) is 91.1 Å². The summed E-state index contributed by atoms with van der Waals surface area (Å²) in [6.45, 7) is -0.341. The van der Waals surface area contributed by atoms with Gasteiger partial charge in [-0.3, -0.25) is 67.1 Å². The number of benzene rings is 4. The number of hydrogen-bond acceptors (Lipinski definition) is 25. The molecule has 40 nitrogen and oxygen atoms in total. The maximum Gasteiger partial charge on any atom is 0.490 e. The number of fused-ring (bicyclic) bond motifs is 1. The van der Waals surface area contributed by atoms with Crippen molar-refractivity contribution in [3.05, 3.63) is 144 Å². The van der Waals surface area contributed by atoms with E-state index in [0.29, 0.717) is 71.8 Å². The average Bonchev–Trinajstić information content (AvgIpc) is 1.68. The third-order valence-electron chi connectivity index (χ3n) is 20.4. The summed E-state index contributed by atoms with van der Waals surface area (Å²) in [6, 6.07) is 8.82. The van der Waals surface area contributed by atoms with Crippen molar-refractivity contribution in [2.24, 2.45) is 22.9 Å². The number of rotatable bonds is 30. The van der Waals surface area contributed by atoms with Crippen molar-refractivity contribution in [3.8, 4) is 0 Å². The van der Waals surface area contributed by atoms with E-state index in [2.05, 4.69) is 79.4 Å². The van der Waals surface area contributed by atoms with Gasteiger partial charge in [0.2, 0.25) is 82.7 Å². The molecule has 2 saturated heterocycles. The fraction of sp³-hybridized carbons (Fsp3) is 0.494. The van der Waals surface area contributed by atoms with Crippen LogP contribution in [0.25, 0.3) is 10.9 Å². The lowest BCUT2D eigenvalue weighted by Crippen LogP contribution is -2.63. The van der Waals surface area contributed by atoms with E-state index in [1.54, 1.807) is 121 Å². The van der Waals surface area contributed by atoms with Gasteiger partial charge in [0.15, 0.2) is 0 Å². The number of aliphatic carboxylic acids is 2. The van der Waals surface area contributed by atoms with Crippen LogP contribution in [0.1, 0.15) is 106 Å². The minimum absolute atomic E-state index is 0.118. The van der Waals surface area contributed by atoms with Crippen molar-refractivity contribution in [1.29, 1.82) is 0 Å². The standard InChI is InChI=1S/C81H113N19O19S2.C2HF3O2/c1-46(103)67-80(117)95-59(38-49-24-9-4-10-25-49)73(110)96-62(42-101)76(113)97-63(43-102)77(114)99-65(79(116)90-56(81(118)119)30-15-18-34-84)45-121-120-44-64(98-68(105)53-31-19-35-86-53)78(115)89-54(28-13-16-32-82)69(106)94-61(40-66(85)104)75(112)92-57(36-47-20-5-2-6-21-47)71(108)91-58(37-48-22-7-3-8-23-48)72(109)93-60(39-50-41-87-52-27-12-11-26-51(50)52)74(111)88-55(70(107)100-67)29-14-17-33-83;3-2(4,5)1(6)7/h2-12,20-27,41,46,53-65,67,86-87,101-103H,13-19,28-40,42-45,82-84H2,1H3,(H2,85,104)(H,88,111)(H,89,115)(H,90,116)(H,91,108)(H,92,112)(H,93,109)(H,94,106)(H,95,117)(H,96,110)(H,97,113)(H,98,105)(H,99,114)(H,100,107)(H,118,119);(H,6,7)/t46-,53+,54+,55+,56+,57+,58?,59+,60+,61?,62?,63+,64?,65?,67+;/m1./s1. The number of aliphatic hydroxyl groups is 3. The van der Waals surface area contributed by atoms with Gasteiger partial charge in [-0.05, 0) is 132 Å². The molecule has 4 aromatic carbocycles. The first-order valence-electron chi connectivity index (χ1n) is 41.5. The summed E-state index contributed by atoms with van der Waals surface area (Å²) >= 11 is 0. The Hall–Kier alpha value is -11.9. The lowest BCUT2D eigenvalue weighted by atomic mass is 10.00. The Balaban J connectivity index is 0.00000346. The number of aliphatic hydroxyl groups excluding tert-OH is 3. The quantitative estimate of drug-likeness (QED) is 0.0155. The van der Waals surface area contributed by atoms with Crippen LogP contribution in [0.15, 0.2) is 121 Å². The van der Waals surface area contributed by atoms with Gasteiger partial charge in [0.25, 0.3) is 0 Å². The largest absolute Gasteiger partial charge is 0.490 e. The van der Waals surface area contributed by atoms with Gasteiger partial charge in [-0.15, -0.1) is 0 Å². The van der Waals surface area contributed by atoms with Crippen molar-refractivity contribution < 1.29 is 115 Å². The number of carboxylic acid groups (broad SMARTS) is 2. The molecule has 0 radical (unpaired) electrons. The number of carboxylic acids is 2. The molecule has 15 atom stereocenters. The van der Waals surface area contributed by atoms with Gasteiger partial charge in [-0.2, -0.15) is 13.2 Å². The first-order valence-corrected chi connectivity index (χ1v) is 44.0. The van der Waals surface area contributed by atoms with E-state index in [-0.39, 0.29) is 89.6 Å². The minimum atomic E-state index is -5.08. The minimum Gasteiger partial charge on any atom is -0.480 e. The molecule has 2 aliphatic rings. The lowest BCUT2D eigenvalue weighted by Gasteiger charge is -2.29. The van der Waals surface area contributed by atoms with Crippen LogP contribution in [0.5, 0.6) is 0 Å². The summed E-state index contributed by atoms with van der Waals surface area (Å²) < 4.78 is 31.7. The predicted molar refractivity (Wildman–Crippen MR) is 463 cm³/mol. The van der Waals surface area contributed by atoms with Crippen LogP contribution < -0.4 is 97.4 Å². The van der Waals surface area contributed by atoms with Crippen molar-refractivity contribution in [2.45, 2.75) is 207 Å². The van der Waals surface area contributed by atoms with E-state index in [4.69, 9.17) is 32.8 Å². The van der Waals surface area contributed by atoms with Crippen LogP contribution in [0.4, 0.5) is 13.2 Å². The smallest absolute Gasteiger partial charge is 0.480 e. The summed E-state index contributed by atoms with van der Waals surface area (Å²) in [5.41, 5.74) is 25.8. The second-order valence-electron chi connectivity index (χ2n) is 30.3. The molecule has 2 fully saturated rings.